The highest BCUT2D eigenvalue weighted by Gasteiger charge is 2.23. The molecular formula is C9H16O2. The summed E-state index contributed by atoms with van der Waals surface area (Å²) in [5.74, 6) is 0. The number of rotatable bonds is 3. The average Bonchev–Trinajstić information content (AvgIpc) is 1.88. The molecule has 0 spiro atoms. The Balaban J connectivity index is 4.28. The van der Waals surface area contributed by atoms with E-state index in [0.29, 0.717) is 0 Å². The summed E-state index contributed by atoms with van der Waals surface area (Å²) in [6.45, 7) is 5.17. The number of hydrogen-bond donors (Lipinski definition) is 2. The number of aliphatic hydroxyl groups is 2. The van der Waals surface area contributed by atoms with Crippen LogP contribution in [0.2, 0.25) is 0 Å². The maximum Gasteiger partial charge on any atom is 0.109 e. The van der Waals surface area contributed by atoms with Gasteiger partial charge in [0.25, 0.3) is 0 Å². The van der Waals surface area contributed by atoms with Crippen molar-refractivity contribution in [2.45, 2.75) is 32.5 Å². The van der Waals surface area contributed by atoms with Crippen molar-refractivity contribution < 1.29 is 10.2 Å². The summed E-state index contributed by atoms with van der Waals surface area (Å²) >= 11 is 0. The van der Waals surface area contributed by atoms with Gasteiger partial charge in [-0.3, -0.25) is 0 Å². The Bertz CT molecular complexity index is 157. The molecule has 0 aliphatic carbocycles. The molecule has 11 heavy (non-hydrogen) atoms. The first-order valence-corrected chi connectivity index (χ1v) is 3.71. The molecule has 0 radical (unpaired) electrons. The van der Waals surface area contributed by atoms with Crippen molar-refractivity contribution in [3.8, 4) is 0 Å². The fraction of sp³-hybridized carbons (Fsp3) is 0.556. The standard InChI is InChI=1S/C9H16O2/c1-4-6-8(10)9(3,11)7-5-2/h4-8,10-11H,1-3H3. The minimum Gasteiger partial charge on any atom is -0.386 e. The van der Waals surface area contributed by atoms with E-state index in [0.717, 1.165) is 0 Å². The van der Waals surface area contributed by atoms with E-state index < -0.39 is 11.7 Å². The van der Waals surface area contributed by atoms with Crippen LogP contribution in [0.5, 0.6) is 0 Å². The van der Waals surface area contributed by atoms with Crippen molar-refractivity contribution in [3.63, 3.8) is 0 Å². The van der Waals surface area contributed by atoms with E-state index in [1.165, 1.54) is 0 Å². The lowest BCUT2D eigenvalue weighted by Crippen LogP contribution is -2.35. The molecule has 0 saturated carbocycles. The van der Waals surface area contributed by atoms with Crippen LogP contribution < -0.4 is 0 Å². The molecule has 0 aliphatic rings. The zero-order valence-electron chi connectivity index (χ0n) is 7.28. The van der Waals surface area contributed by atoms with Crippen LogP contribution in [-0.4, -0.2) is 21.9 Å². The summed E-state index contributed by atoms with van der Waals surface area (Å²) in [6.07, 6.45) is 5.72. The zero-order valence-corrected chi connectivity index (χ0v) is 7.28. The number of aliphatic hydroxyl groups excluding tert-OH is 1. The summed E-state index contributed by atoms with van der Waals surface area (Å²) < 4.78 is 0. The highest BCUT2D eigenvalue weighted by molar-refractivity contribution is 5.07. The number of hydrogen-bond acceptors (Lipinski definition) is 2. The van der Waals surface area contributed by atoms with Crippen molar-refractivity contribution in [3.05, 3.63) is 24.3 Å². The quantitative estimate of drug-likeness (QED) is 0.604. The van der Waals surface area contributed by atoms with Gasteiger partial charge in [0.05, 0.1) is 0 Å². The molecule has 2 heteroatoms. The second-order valence-electron chi connectivity index (χ2n) is 2.70. The number of allylic oxidation sites excluding steroid dienone is 2. The van der Waals surface area contributed by atoms with Gasteiger partial charge in [-0.15, -0.1) is 0 Å². The van der Waals surface area contributed by atoms with E-state index in [2.05, 4.69) is 0 Å². The zero-order chi connectivity index (χ0) is 8.91. The lowest BCUT2D eigenvalue weighted by Gasteiger charge is -2.22. The molecule has 2 N–H and O–H groups in total. The van der Waals surface area contributed by atoms with Gasteiger partial charge in [0.1, 0.15) is 11.7 Å². The maximum absolute atomic E-state index is 9.53. The third-order valence-electron chi connectivity index (χ3n) is 1.48. The largest absolute Gasteiger partial charge is 0.386 e. The van der Waals surface area contributed by atoms with E-state index in [1.807, 2.05) is 0 Å². The SMILES string of the molecule is CC=CC(O)C(C)(O)C=CC. The predicted octanol–water partition coefficient (Wildman–Crippen LogP) is 1.25. The Labute approximate surface area is 67.9 Å². The predicted molar refractivity (Wildman–Crippen MR) is 46.3 cm³/mol. The van der Waals surface area contributed by atoms with Gasteiger partial charge < -0.3 is 10.2 Å². The third kappa shape index (κ3) is 3.35. The first kappa shape index (κ1) is 10.4. The second-order valence-corrected chi connectivity index (χ2v) is 2.70. The first-order chi connectivity index (χ1) is 5.04. The highest BCUT2D eigenvalue weighted by Crippen LogP contribution is 2.12. The van der Waals surface area contributed by atoms with Crippen molar-refractivity contribution >= 4 is 0 Å². The molecule has 0 heterocycles. The Morgan fingerprint density at radius 1 is 1.27 bits per heavy atom. The molecule has 0 aromatic heterocycles. The van der Waals surface area contributed by atoms with Gasteiger partial charge in [0.2, 0.25) is 0 Å². The Morgan fingerprint density at radius 3 is 2.18 bits per heavy atom. The molecule has 0 rings (SSSR count). The Kier molecular flexibility index (Phi) is 4.08. The van der Waals surface area contributed by atoms with E-state index >= 15 is 0 Å². The van der Waals surface area contributed by atoms with Crippen LogP contribution in [0.1, 0.15) is 20.8 Å². The topological polar surface area (TPSA) is 40.5 Å². The van der Waals surface area contributed by atoms with Crippen molar-refractivity contribution in [2.75, 3.05) is 0 Å². The normalized spacial score (nSPS) is 20.8. The van der Waals surface area contributed by atoms with Crippen LogP contribution in [-0.2, 0) is 0 Å². The minimum absolute atomic E-state index is 0.830. The van der Waals surface area contributed by atoms with E-state index in [-0.39, 0.29) is 0 Å². The van der Waals surface area contributed by atoms with Gasteiger partial charge in [-0.1, -0.05) is 24.3 Å². The smallest absolute Gasteiger partial charge is 0.109 e. The van der Waals surface area contributed by atoms with Gasteiger partial charge in [0.15, 0.2) is 0 Å². The lowest BCUT2D eigenvalue weighted by molar-refractivity contribution is 0.000490. The third-order valence-corrected chi connectivity index (χ3v) is 1.48. The average molecular weight is 156 g/mol. The van der Waals surface area contributed by atoms with Gasteiger partial charge in [0, 0.05) is 0 Å². The molecule has 0 bridgehead atoms. The van der Waals surface area contributed by atoms with Crippen LogP contribution in [0.4, 0.5) is 0 Å². The summed E-state index contributed by atoms with van der Waals surface area (Å²) in [6, 6.07) is 0. The lowest BCUT2D eigenvalue weighted by atomic mass is 9.98. The molecule has 0 aliphatic heterocycles. The maximum atomic E-state index is 9.53. The van der Waals surface area contributed by atoms with Gasteiger partial charge >= 0.3 is 0 Å². The molecular weight excluding hydrogens is 140 g/mol. The van der Waals surface area contributed by atoms with Crippen LogP contribution in [0.3, 0.4) is 0 Å². The fourth-order valence-electron chi connectivity index (χ4n) is 0.813. The summed E-state index contributed by atoms with van der Waals surface area (Å²) in [5, 5.41) is 18.8. The van der Waals surface area contributed by atoms with E-state index in [9.17, 15) is 10.2 Å². The summed E-state index contributed by atoms with van der Waals surface area (Å²) in [4.78, 5) is 0. The monoisotopic (exact) mass is 156 g/mol. The van der Waals surface area contributed by atoms with Crippen molar-refractivity contribution in [1.29, 1.82) is 0 Å². The fourth-order valence-corrected chi connectivity index (χ4v) is 0.813. The summed E-state index contributed by atoms with van der Waals surface area (Å²) in [7, 11) is 0. The molecule has 0 fully saturated rings. The Morgan fingerprint density at radius 2 is 1.82 bits per heavy atom. The van der Waals surface area contributed by atoms with Crippen LogP contribution in [0.15, 0.2) is 24.3 Å². The molecule has 0 saturated heterocycles. The Hall–Kier alpha value is -0.600. The van der Waals surface area contributed by atoms with E-state index in [4.69, 9.17) is 0 Å². The van der Waals surface area contributed by atoms with Crippen LogP contribution in [0, 0.1) is 0 Å². The second kappa shape index (κ2) is 4.31. The molecule has 0 aromatic rings. The van der Waals surface area contributed by atoms with Gasteiger partial charge in [-0.2, -0.15) is 0 Å². The first-order valence-electron chi connectivity index (χ1n) is 3.71. The van der Waals surface area contributed by atoms with Gasteiger partial charge in [-0.25, -0.2) is 0 Å². The van der Waals surface area contributed by atoms with Crippen LogP contribution >= 0.6 is 0 Å². The molecule has 2 nitrogen and oxygen atoms in total. The molecule has 2 atom stereocenters. The molecule has 0 amide bonds. The van der Waals surface area contributed by atoms with Gasteiger partial charge in [-0.05, 0) is 20.8 Å². The van der Waals surface area contributed by atoms with Crippen molar-refractivity contribution in [2.24, 2.45) is 0 Å². The van der Waals surface area contributed by atoms with E-state index in [1.54, 1.807) is 45.1 Å². The molecule has 2 unspecified atom stereocenters. The molecule has 0 aromatic carbocycles. The minimum atomic E-state index is -1.15. The molecule has 64 valence electrons. The van der Waals surface area contributed by atoms with Crippen LogP contribution in [0.25, 0.3) is 0 Å². The van der Waals surface area contributed by atoms with Crippen molar-refractivity contribution in [1.82, 2.24) is 0 Å². The highest BCUT2D eigenvalue weighted by atomic mass is 16.3. The summed E-state index contributed by atoms with van der Waals surface area (Å²) in [5.41, 5.74) is -1.15.